The quantitative estimate of drug-likeness (QED) is 0.682. The third kappa shape index (κ3) is 4.26. The lowest BCUT2D eigenvalue weighted by molar-refractivity contribution is 0.0526. The van der Waals surface area contributed by atoms with Crippen molar-refractivity contribution in [3.05, 3.63) is 41.3 Å². The summed E-state index contributed by atoms with van der Waals surface area (Å²) in [4.78, 5) is 23.4. The summed E-state index contributed by atoms with van der Waals surface area (Å²) in [6.45, 7) is 6.43. The number of benzene rings is 1. The summed E-state index contributed by atoms with van der Waals surface area (Å²) in [7, 11) is 0. The molecule has 2 atom stereocenters. The number of carbonyl (C=O) groups excluding carboxylic acids is 1. The van der Waals surface area contributed by atoms with Gasteiger partial charge in [0.1, 0.15) is 11.4 Å². The molecule has 2 aliphatic rings. The first-order valence-corrected chi connectivity index (χ1v) is 10.0. The number of esters is 1. The molecule has 29 heavy (non-hydrogen) atoms. The van der Waals surface area contributed by atoms with Crippen LogP contribution in [0, 0.1) is 17.7 Å². The molecule has 2 heterocycles. The highest BCUT2D eigenvalue weighted by atomic mass is 19.1. The smallest absolute Gasteiger partial charge is 0.343 e. The summed E-state index contributed by atoms with van der Waals surface area (Å²) >= 11 is 0. The van der Waals surface area contributed by atoms with E-state index in [-0.39, 0.29) is 17.9 Å². The molecule has 0 radical (unpaired) electrons. The van der Waals surface area contributed by atoms with Crippen molar-refractivity contribution in [2.24, 2.45) is 11.8 Å². The van der Waals surface area contributed by atoms with Crippen LogP contribution in [0.1, 0.15) is 36.2 Å². The first-order chi connectivity index (χ1) is 14.1. The maximum absolute atomic E-state index is 14.1. The fourth-order valence-corrected chi connectivity index (χ4v) is 3.69. The Balaban J connectivity index is 1.53. The first kappa shape index (κ1) is 19.4. The van der Waals surface area contributed by atoms with Crippen LogP contribution in [-0.2, 0) is 11.3 Å². The lowest BCUT2D eigenvalue weighted by atomic mass is 10.2. The van der Waals surface area contributed by atoms with Crippen LogP contribution in [0.25, 0.3) is 0 Å². The zero-order valence-electron chi connectivity index (χ0n) is 16.7. The summed E-state index contributed by atoms with van der Waals surface area (Å²) in [6, 6.07) is 4.79. The monoisotopic (exact) mass is 400 g/mol. The molecule has 2 fully saturated rings. The van der Waals surface area contributed by atoms with E-state index in [2.05, 4.69) is 20.2 Å². The van der Waals surface area contributed by atoms with Gasteiger partial charge in [0.15, 0.2) is 11.6 Å². The number of ether oxygens (including phenoxy) is 2. The van der Waals surface area contributed by atoms with Crippen LogP contribution in [-0.4, -0.2) is 42.2 Å². The third-order valence-electron chi connectivity index (χ3n) is 5.29. The Morgan fingerprint density at radius 2 is 2.07 bits per heavy atom. The van der Waals surface area contributed by atoms with Gasteiger partial charge in [-0.1, -0.05) is 6.07 Å². The minimum absolute atomic E-state index is 0.223. The number of carbonyl (C=O) groups is 1. The lowest BCUT2D eigenvalue weighted by Gasteiger charge is -2.19. The van der Waals surface area contributed by atoms with Crippen molar-refractivity contribution in [2.45, 2.75) is 26.8 Å². The highest BCUT2D eigenvalue weighted by Crippen LogP contribution is 2.45. The zero-order chi connectivity index (χ0) is 20.4. The topological polar surface area (TPSA) is 76.6 Å². The molecule has 1 saturated carbocycles. The molecule has 1 aromatic heterocycles. The molecule has 1 aromatic carbocycles. The number of fused-ring (bicyclic) bond motifs is 1. The minimum Gasteiger partial charge on any atom is -0.491 e. The van der Waals surface area contributed by atoms with Gasteiger partial charge in [0, 0.05) is 25.8 Å². The summed E-state index contributed by atoms with van der Waals surface area (Å²) in [5.41, 5.74) is 0.981. The van der Waals surface area contributed by atoms with Gasteiger partial charge in [0.25, 0.3) is 0 Å². The maximum atomic E-state index is 14.1. The number of rotatable bonds is 8. The number of nitrogens with one attached hydrogen (secondary N) is 1. The molecule has 1 saturated heterocycles. The number of hydrogen-bond donors (Lipinski definition) is 1. The SMILES string of the molecule is CCOC(=O)c1cnc(N2CC3CC3C2)nc1NCc1ccc(OCC)c(F)c1. The van der Waals surface area contributed by atoms with E-state index >= 15 is 0 Å². The molecule has 0 bridgehead atoms. The predicted molar refractivity (Wildman–Crippen MR) is 107 cm³/mol. The molecule has 2 aromatic rings. The van der Waals surface area contributed by atoms with E-state index in [1.54, 1.807) is 19.1 Å². The largest absolute Gasteiger partial charge is 0.491 e. The van der Waals surface area contributed by atoms with Crippen LogP contribution < -0.4 is 15.0 Å². The molecule has 8 heteroatoms. The van der Waals surface area contributed by atoms with Crippen molar-refractivity contribution in [1.82, 2.24) is 9.97 Å². The van der Waals surface area contributed by atoms with Crippen molar-refractivity contribution in [1.29, 1.82) is 0 Å². The van der Waals surface area contributed by atoms with Gasteiger partial charge in [0.2, 0.25) is 5.95 Å². The van der Waals surface area contributed by atoms with E-state index in [0.29, 0.717) is 30.5 Å². The Bertz CT molecular complexity index is 897. The van der Waals surface area contributed by atoms with Crippen LogP contribution in [0.15, 0.2) is 24.4 Å². The normalized spacial score (nSPS) is 19.6. The molecule has 154 valence electrons. The molecule has 1 aliphatic carbocycles. The second-order valence-electron chi connectivity index (χ2n) is 7.36. The summed E-state index contributed by atoms with van der Waals surface area (Å²) in [5, 5.41) is 3.15. The number of halogens is 1. The summed E-state index contributed by atoms with van der Waals surface area (Å²) in [5.74, 6) is 1.80. The van der Waals surface area contributed by atoms with Crippen LogP contribution in [0.5, 0.6) is 5.75 Å². The second kappa shape index (κ2) is 8.23. The minimum atomic E-state index is -0.483. The van der Waals surface area contributed by atoms with E-state index in [9.17, 15) is 9.18 Å². The van der Waals surface area contributed by atoms with E-state index in [0.717, 1.165) is 24.9 Å². The number of nitrogens with zero attached hydrogens (tertiary/aromatic N) is 3. The average molecular weight is 400 g/mol. The van der Waals surface area contributed by atoms with Gasteiger partial charge >= 0.3 is 5.97 Å². The standard InChI is InChI=1S/C21H25FN4O3/c1-3-28-18-6-5-13(7-17(18)22)9-23-19-16(20(27)29-4-2)10-24-21(25-19)26-11-14-8-15(14)12-26/h5-7,10,14-15H,3-4,8-9,11-12H2,1-2H3,(H,23,24,25). The molecule has 0 spiro atoms. The van der Waals surface area contributed by atoms with E-state index in [1.807, 2.05) is 6.92 Å². The molecule has 7 nitrogen and oxygen atoms in total. The van der Waals surface area contributed by atoms with Gasteiger partial charge in [-0.2, -0.15) is 4.98 Å². The highest BCUT2D eigenvalue weighted by Gasteiger charge is 2.45. The van der Waals surface area contributed by atoms with Crippen LogP contribution in [0.2, 0.25) is 0 Å². The fraction of sp³-hybridized carbons (Fsp3) is 0.476. The maximum Gasteiger partial charge on any atom is 0.343 e. The molecule has 1 N–H and O–H groups in total. The van der Waals surface area contributed by atoms with Crippen molar-refractivity contribution in [3.63, 3.8) is 0 Å². The Morgan fingerprint density at radius 3 is 2.76 bits per heavy atom. The highest BCUT2D eigenvalue weighted by molar-refractivity contribution is 5.94. The first-order valence-electron chi connectivity index (χ1n) is 10.0. The van der Waals surface area contributed by atoms with Gasteiger partial charge in [0.05, 0.1) is 13.2 Å². The number of aromatic nitrogens is 2. The molecule has 0 amide bonds. The molecule has 1 aliphatic heterocycles. The van der Waals surface area contributed by atoms with Crippen LogP contribution in [0.3, 0.4) is 0 Å². The number of piperidine rings is 1. The van der Waals surface area contributed by atoms with Crippen LogP contribution >= 0.6 is 0 Å². The molecule has 4 rings (SSSR count). The van der Waals surface area contributed by atoms with Gasteiger partial charge in [-0.25, -0.2) is 14.2 Å². The van der Waals surface area contributed by atoms with Gasteiger partial charge in [-0.3, -0.25) is 0 Å². The Hall–Kier alpha value is -2.90. The van der Waals surface area contributed by atoms with Gasteiger partial charge in [-0.15, -0.1) is 0 Å². The second-order valence-corrected chi connectivity index (χ2v) is 7.36. The van der Waals surface area contributed by atoms with Crippen LogP contribution in [0.4, 0.5) is 16.2 Å². The molecule has 2 unspecified atom stereocenters. The zero-order valence-corrected chi connectivity index (χ0v) is 16.7. The van der Waals surface area contributed by atoms with Crippen molar-refractivity contribution < 1.29 is 18.7 Å². The summed E-state index contributed by atoms with van der Waals surface area (Å²) < 4.78 is 24.5. The van der Waals surface area contributed by atoms with Gasteiger partial charge < -0.3 is 19.7 Å². The molecular weight excluding hydrogens is 375 g/mol. The number of anilines is 2. The summed E-state index contributed by atoms with van der Waals surface area (Å²) in [6.07, 6.45) is 2.79. The number of hydrogen-bond acceptors (Lipinski definition) is 7. The van der Waals surface area contributed by atoms with E-state index in [1.165, 1.54) is 18.7 Å². The third-order valence-corrected chi connectivity index (χ3v) is 5.29. The predicted octanol–water partition coefficient (Wildman–Crippen LogP) is 3.26. The Labute approximate surface area is 169 Å². The average Bonchev–Trinajstić information content (AvgIpc) is 3.33. The van der Waals surface area contributed by atoms with Crippen molar-refractivity contribution in [3.8, 4) is 5.75 Å². The fourth-order valence-electron chi connectivity index (χ4n) is 3.69. The Kier molecular flexibility index (Phi) is 5.51. The van der Waals surface area contributed by atoms with E-state index in [4.69, 9.17) is 9.47 Å². The van der Waals surface area contributed by atoms with Gasteiger partial charge in [-0.05, 0) is 49.8 Å². The van der Waals surface area contributed by atoms with Crippen molar-refractivity contribution >= 4 is 17.7 Å². The Morgan fingerprint density at radius 1 is 1.28 bits per heavy atom. The molecular formula is C21H25FN4O3. The van der Waals surface area contributed by atoms with Crippen molar-refractivity contribution in [2.75, 3.05) is 36.5 Å². The van der Waals surface area contributed by atoms with E-state index < -0.39 is 11.8 Å². The lowest BCUT2D eigenvalue weighted by Crippen LogP contribution is -2.25.